The highest BCUT2D eigenvalue weighted by molar-refractivity contribution is 5.97. The summed E-state index contributed by atoms with van der Waals surface area (Å²) >= 11 is 0. The van der Waals surface area contributed by atoms with Crippen molar-refractivity contribution in [3.63, 3.8) is 0 Å². The number of aromatic nitrogens is 4. The molecule has 0 saturated carbocycles. The van der Waals surface area contributed by atoms with Gasteiger partial charge in [0.1, 0.15) is 11.6 Å². The van der Waals surface area contributed by atoms with E-state index in [1.165, 1.54) is 0 Å². The van der Waals surface area contributed by atoms with E-state index in [1.54, 1.807) is 24.8 Å². The fourth-order valence-electron chi connectivity index (χ4n) is 3.81. The Labute approximate surface area is 243 Å². The van der Waals surface area contributed by atoms with Crippen LogP contribution in [-0.4, -0.2) is 85.2 Å². The fourth-order valence-corrected chi connectivity index (χ4v) is 3.81. The third kappa shape index (κ3) is 10.9. The molecule has 0 atom stereocenters. The zero-order valence-electron chi connectivity index (χ0n) is 24.9. The molecule has 2 aromatic heterocycles. The first-order valence-electron chi connectivity index (χ1n) is 14.3. The zero-order valence-corrected chi connectivity index (χ0v) is 24.9. The van der Waals surface area contributed by atoms with Crippen LogP contribution in [0, 0.1) is 0 Å². The SMILES string of the molecule is CCOCCOCCOCCOCCNC(=O)c1cc(-c2cnc(C(C)C)nc2)cc(-c2cnc(C(C)C)nc2)c1. The van der Waals surface area contributed by atoms with Gasteiger partial charge in [-0.2, -0.15) is 0 Å². The first-order chi connectivity index (χ1) is 19.9. The Morgan fingerprint density at radius 3 is 1.46 bits per heavy atom. The number of nitrogens with one attached hydrogen (secondary N) is 1. The molecule has 2 heterocycles. The first-order valence-corrected chi connectivity index (χ1v) is 14.3. The number of benzene rings is 1. The number of carbonyl (C=O) groups is 1. The lowest BCUT2D eigenvalue weighted by molar-refractivity contribution is -0.0000531. The average molecular weight is 566 g/mol. The third-order valence-corrected chi connectivity index (χ3v) is 6.09. The van der Waals surface area contributed by atoms with E-state index in [-0.39, 0.29) is 17.7 Å². The molecule has 0 bridgehead atoms. The molecule has 1 aromatic carbocycles. The van der Waals surface area contributed by atoms with Gasteiger partial charge in [0.15, 0.2) is 0 Å². The first kappa shape index (κ1) is 32.2. The van der Waals surface area contributed by atoms with E-state index in [4.69, 9.17) is 18.9 Å². The van der Waals surface area contributed by atoms with Crippen LogP contribution < -0.4 is 5.32 Å². The minimum atomic E-state index is -0.198. The van der Waals surface area contributed by atoms with Gasteiger partial charge in [-0.3, -0.25) is 4.79 Å². The van der Waals surface area contributed by atoms with Gasteiger partial charge in [-0.1, -0.05) is 27.7 Å². The largest absolute Gasteiger partial charge is 0.379 e. The molecule has 41 heavy (non-hydrogen) atoms. The number of amides is 1. The highest BCUT2D eigenvalue weighted by Gasteiger charge is 2.13. The zero-order chi connectivity index (χ0) is 29.5. The number of hydrogen-bond acceptors (Lipinski definition) is 9. The van der Waals surface area contributed by atoms with Crippen LogP contribution in [0.15, 0.2) is 43.0 Å². The minimum Gasteiger partial charge on any atom is -0.379 e. The van der Waals surface area contributed by atoms with Crippen molar-refractivity contribution < 1.29 is 23.7 Å². The summed E-state index contributed by atoms with van der Waals surface area (Å²) in [5.41, 5.74) is 3.85. The summed E-state index contributed by atoms with van der Waals surface area (Å²) in [4.78, 5) is 31.1. The summed E-state index contributed by atoms with van der Waals surface area (Å²) in [6.07, 6.45) is 7.18. The summed E-state index contributed by atoms with van der Waals surface area (Å²) in [6.45, 7) is 14.7. The Kier molecular flexibility index (Phi) is 13.7. The standard InChI is InChI=1S/C31H43N5O5/c1-6-38-9-10-40-13-14-41-12-11-39-8-7-32-31(37)26-16-24(27-18-33-29(22(2)3)34-19-27)15-25(17-26)28-20-35-30(23(4)5)36-21-28/h15-23H,6-14H2,1-5H3,(H,32,37). The Bertz CT molecular complexity index is 1120. The van der Waals surface area contributed by atoms with Crippen LogP contribution >= 0.6 is 0 Å². The number of hydrogen-bond donors (Lipinski definition) is 1. The van der Waals surface area contributed by atoms with E-state index in [9.17, 15) is 4.79 Å². The molecule has 0 unspecified atom stereocenters. The van der Waals surface area contributed by atoms with Crippen molar-refractivity contribution in [2.45, 2.75) is 46.5 Å². The normalized spacial score (nSPS) is 11.4. The average Bonchev–Trinajstić information content (AvgIpc) is 2.99. The van der Waals surface area contributed by atoms with Crippen LogP contribution in [0.5, 0.6) is 0 Å². The molecular formula is C31H43N5O5. The summed E-state index contributed by atoms with van der Waals surface area (Å²) in [5, 5.41) is 2.94. The summed E-state index contributed by atoms with van der Waals surface area (Å²) < 4.78 is 21.7. The maximum Gasteiger partial charge on any atom is 0.251 e. The van der Waals surface area contributed by atoms with Gasteiger partial charge in [-0.25, -0.2) is 19.9 Å². The molecule has 3 rings (SSSR count). The lowest BCUT2D eigenvalue weighted by atomic mass is 9.98. The molecule has 222 valence electrons. The van der Waals surface area contributed by atoms with Crippen molar-refractivity contribution in [3.05, 3.63) is 60.2 Å². The summed E-state index contributed by atoms with van der Waals surface area (Å²) in [6, 6.07) is 5.70. The van der Waals surface area contributed by atoms with Crippen LogP contribution in [0.4, 0.5) is 0 Å². The van der Waals surface area contributed by atoms with Crippen LogP contribution in [0.3, 0.4) is 0 Å². The van der Waals surface area contributed by atoms with Gasteiger partial charge in [0, 0.05) is 66.5 Å². The minimum absolute atomic E-state index is 0.198. The quantitative estimate of drug-likeness (QED) is 0.220. The maximum atomic E-state index is 13.1. The van der Waals surface area contributed by atoms with E-state index < -0.39 is 0 Å². The van der Waals surface area contributed by atoms with Crippen LogP contribution in [0.1, 0.15) is 68.5 Å². The van der Waals surface area contributed by atoms with Crippen molar-refractivity contribution >= 4 is 5.91 Å². The molecule has 10 nitrogen and oxygen atoms in total. The van der Waals surface area contributed by atoms with Crippen molar-refractivity contribution in [2.24, 2.45) is 0 Å². The van der Waals surface area contributed by atoms with Crippen LogP contribution in [0.2, 0.25) is 0 Å². The van der Waals surface area contributed by atoms with Crippen molar-refractivity contribution in [2.75, 3.05) is 59.4 Å². The molecule has 0 saturated heterocycles. The number of nitrogens with zero attached hydrogens (tertiary/aromatic N) is 4. The van der Waals surface area contributed by atoms with Gasteiger partial charge in [0.2, 0.25) is 0 Å². The number of ether oxygens (including phenoxy) is 4. The molecule has 3 aromatic rings. The highest BCUT2D eigenvalue weighted by Crippen LogP contribution is 2.28. The summed E-state index contributed by atoms with van der Waals surface area (Å²) in [5.74, 6) is 1.81. The molecule has 0 spiro atoms. The Morgan fingerprint density at radius 1 is 0.634 bits per heavy atom. The monoisotopic (exact) mass is 565 g/mol. The van der Waals surface area contributed by atoms with Crippen LogP contribution in [-0.2, 0) is 18.9 Å². The molecular weight excluding hydrogens is 522 g/mol. The van der Waals surface area contributed by atoms with Gasteiger partial charge in [0.05, 0.1) is 46.2 Å². The molecule has 0 aliphatic rings. The Morgan fingerprint density at radius 2 is 1.05 bits per heavy atom. The van der Waals surface area contributed by atoms with E-state index >= 15 is 0 Å². The second-order valence-corrected chi connectivity index (χ2v) is 10.1. The smallest absolute Gasteiger partial charge is 0.251 e. The van der Waals surface area contributed by atoms with E-state index in [2.05, 4.69) is 52.9 Å². The lowest BCUT2D eigenvalue weighted by Crippen LogP contribution is -2.27. The second-order valence-electron chi connectivity index (χ2n) is 10.1. The van der Waals surface area contributed by atoms with Crippen LogP contribution in [0.25, 0.3) is 22.3 Å². The van der Waals surface area contributed by atoms with Gasteiger partial charge in [-0.15, -0.1) is 0 Å². The molecule has 0 fully saturated rings. The molecule has 0 aliphatic heterocycles. The molecule has 1 N–H and O–H groups in total. The van der Waals surface area contributed by atoms with E-state index in [1.807, 2.05) is 25.1 Å². The van der Waals surface area contributed by atoms with E-state index in [0.29, 0.717) is 65.0 Å². The van der Waals surface area contributed by atoms with Gasteiger partial charge < -0.3 is 24.3 Å². The Hall–Kier alpha value is -3.31. The topological polar surface area (TPSA) is 118 Å². The predicted molar refractivity (Wildman–Crippen MR) is 158 cm³/mol. The summed E-state index contributed by atoms with van der Waals surface area (Å²) in [7, 11) is 0. The predicted octanol–water partition coefficient (Wildman–Crippen LogP) is 4.66. The molecule has 0 radical (unpaired) electrons. The lowest BCUT2D eigenvalue weighted by Gasteiger charge is -2.12. The molecule has 1 amide bonds. The highest BCUT2D eigenvalue weighted by atomic mass is 16.6. The second kappa shape index (κ2) is 17.5. The Balaban J connectivity index is 1.57. The van der Waals surface area contributed by atoms with Crippen molar-refractivity contribution in [3.8, 4) is 22.3 Å². The van der Waals surface area contributed by atoms with Gasteiger partial charge in [-0.05, 0) is 36.2 Å². The van der Waals surface area contributed by atoms with Crippen molar-refractivity contribution in [1.82, 2.24) is 25.3 Å². The van der Waals surface area contributed by atoms with Gasteiger partial charge >= 0.3 is 0 Å². The maximum absolute atomic E-state index is 13.1. The number of carbonyl (C=O) groups excluding carboxylic acids is 1. The third-order valence-electron chi connectivity index (χ3n) is 6.09. The molecule has 0 aliphatic carbocycles. The van der Waals surface area contributed by atoms with Crippen molar-refractivity contribution in [1.29, 1.82) is 0 Å². The fraction of sp³-hybridized carbons (Fsp3) is 0.516. The molecule has 10 heteroatoms. The van der Waals surface area contributed by atoms with E-state index in [0.717, 1.165) is 33.9 Å². The van der Waals surface area contributed by atoms with Gasteiger partial charge in [0.25, 0.3) is 5.91 Å². The number of rotatable bonds is 18.